The first-order valence-electron chi connectivity index (χ1n) is 4.40. The molecular weight excluding hydrogens is 178 g/mol. The van der Waals surface area contributed by atoms with Gasteiger partial charge in [-0.1, -0.05) is 24.3 Å². The van der Waals surface area contributed by atoms with Crippen LogP contribution in [0, 0.1) is 0 Å². The highest BCUT2D eigenvalue weighted by molar-refractivity contribution is 8.02. The Morgan fingerprint density at radius 3 is 2.62 bits per heavy atom. The van der Waals surface area contributed by atoms with Gasteiger partial charge in [-0.15, -0.1) is 18.3 Å². The zero-order valence-electron chi connectivity index (χ0n) is 8.79. The second-order valence-electron chi connectivity index (χ2n) is 2.81. The topological polar surface area (TPSA) is 3.24 Å². The van der Waals surface area contributed by atoms with Gasteiger partial charge in [-0.3, -0.25) is 4.90 Å². The first-order chi connectivity index (χ1) is 6.24. The van der Waals surface area contributed by atoms with E-state index in [2.05, 4.69) is 49.9 Å². The lowest BCUT2D eigenvalue weighted by molar-refractivity contribution is 0.413. The molecule has 0 atom stereocenters. The van der Waals surface area contributed by atoms with Crippen LogP contribution in [0.5, 0.6) is 0 Å². The third-order valence-electron chi connectivity index (χ3n) is 1.66. The molecule has 0 aromatic rings. The van der Waals surface area contributed by atoms with Gasteiger partial charge >= 0.3 is 0 Å². The summed E-state index contributed by atoms with van der Waals surface area (Å²) in [4.78, 5) is 3.52. The Balaban J connectivity index is 3.79. The lowest BCUT2D eigenvalue weighted by Gasteiger charge is -2.10. The minimum absolute atomic E-state index is 0.939. The molecular formula is C11H19NS. The number of nitrogens with zero attached hydrogens (tertiary/aromatic N) is 1. The molecule has 2 heteroatoms. The SMILES string of the molecule is C=CCN(C)C/C=C/C(=C/C)SC. The van der Waals surface area contributed by atoms with Crippen molar-refractivity contribution in [3.63, 3.8) is 0 Å². The Morgan fingerprint density at radius 2 is 2.15 bits per heavy atom. The summed E-state index contributed by atoms with van der Waals surface area (Å²) < 4.78 is 0. The van der Waals surface area contributed by atoms with E-state index in [1.54, 1.807) is 11.8 Å². The van der Waals surface area contributed by atoms with Crippen LogP contribution in [-0.2, 0) is 0 Å². The second kappa shape index (κ2) is 8.14. The van der Waals surface area contributed by atoms with Crippen molar-refractivity contribution >= 4 is 11.8 Å². The summed E-state index contributed by atoms with van der Waals surface area (Å²) >= 11 is 1.77. The predicted octanol–water partition coefficient (Wildman–Crippen LogP) is 2.93. The smallest absolute Gasteiger partial charge is 0.0166 e. The van der Waals surface area contributed by atoms with Gasteiger partial charge in [0.15, 0.2) is 0 Å². The van der Waals surface area contributed by atoms with Crippen LogP contribution < -0.4 is 0 Å². The van der Waals surface area contributed by atoms with E-state index < -0.39 is 0 Å². The summed E-state index contributed by atoms with van der Waals surface area (Å²) in [5, 5.41) is 0. The highest BCUT2D eigenvalue weighted by atomic mass is 32.2. The van der Waals surface area contributed by atoms with E-state index in [9.17, 15) is 0 Å². The van der Waals surface area contributed by atoms with Gasteiger partial charge in [0.05, 0.1) is 0 Å². The van der Waals surface area contributed by atoms with Gasteiger partial charge in [0.25, 0.3) is 0 Å². The van der Waals surface area contributed by atoms with Crippen LogP contribution in [0.25, 0.3) is 0 Å². The maximum atomic E-state index is 3.69. The van der Waals surface area contributed by atoms with Crippen LogP contribution in [0.15, 0.2) is 35.8 Å². The molecule has 0 aliphatic carbocycles. The van der Waals surface area contributed by atoms with Gasteiger partial charge in [-0.25, -0.2) is 0 Å². The maximum absolute atomic E-state index is 3.69. The Bertz CT molecular complexity index is 194. The molecule has 74 valence electrons. The van der Waals surface area contributed by atoms with E-state index in [1.165, 1.54) is 4.91 Å². The third-order valence-corrected chi connectivity index (χ3v) is 2.50. The number of rotatable bonds is 6. The van der Waals surface area contributed by atoms with Crippen molar-refractivity contribution in [3.8, 4) is 0 Å². The number of thioether (sulfide) groups is 1. The van der Waals surface area contributed by atoms with Crippen molar-refractivity contribution in [2.45, 2.75) is 6.92 Å². The standard InChI is InChI=1S/C11H19NS/c1-5-9-12(3)10-7-8-11(6-2)13-4/h5-8H,1,9-10H2,2-4H3/b8-7+,11-6-. The minimum atomic E-state index is 0.939. The highest BCUT2D eigenvalue weighted by Gasteiger charge is 1.90. The van der Waals surface area contributed by atoms with E-state index in [4.69, 9.17) is 0 Å². The monoisotopic (exact) mass is 197 g/mol. The van der Waals surface area contributed by atoms with Gasteiger partial charge in [-0.05, 0) is 20.2 Å². The van der Waals surface area contributed by atoms with E-state index in [-0.39, 0.29) is 0 Å². The second-order valence-corrected chi connectivity index (χ2v) is 3.69. The number of allylic oxidation sites excluding steroid dienone is 2. The zero-order chi connectivity index (χ0) is 10.1. The third kappa shape index (κ3) is 6.67. The van der Waals surface area contributed by atoms with Crippen molar-refractivity contribution in [2.24, 2.45) is 0 Å². The summed E-state index contributed by atoms with van der Waals surface area (Å²) in [5.41, 5.74) is 0. The number of likely N-dealkylation sites (N-methyl/N-ethyl adjacent to an activating group) is 1. The molecule has 0 heterocycles. The van der Waals surface area contributed by atoms with E-state index >= 15 is 0 Å². The first kappa shape index (κ1) is 12.5. The van der Waals surface area contributed by atoms with Crippen molar-refractivity contribution in [1.82, 2.24) is 4.90 Å². The molecule has 0 amide bonds. The van der Waals surface area contributed by atoms with E-state index in [1.807, 2.05) is 6.08 Å². The largest absolute Gasteiger partial charge is 0.299 e. The Labute approximate surface area is 86.2 Å². The van der Waals surface area contributed by atoms with Crippen LogP contribution in [0.4, 0.5) is 0 Å². The molecule has 13 heavy (non-hydrogen) atoms. The number of hydrogen-bond acceptors (Lipinski definition) is 2. The zero-order valence-corrected chi connectivity index (χ0v) is 9.60. The van der Waals surface area contributed by atoms with Crippen LogP contribution in [0.1, 0.15) is 6.92 Å². The molecule has 0 aliphatic rings. The normalized spacial score (nSPS) is 12.8. The molecule has 0 aromatic carbocycles. The molecule has 0 aliphatic heterocycles. The molecule has 1 nitrogen and oxygen atoms in total. The van der Waals surface area contributed by atoms with Crippen molar-refractivity contribution < 1.29 is 0 Å². The molecule has 0 saturated carbocycles. The fraction of sp³-hybridized carbons (Fsp3) is 0.455. The molecule has 0 N–H and O–H groups in total. The molecule has 0 aromatic heterocycles. The van der Waals surface area contributed by atoms with Gasteiger partial charge in [-0.2, -0.15) is 0 Å². The molecule has 0 rings (SSSR count). The summed E-state index contributed by atoms with van der Waals surface area (Å²) in [5.74, 6) is 0. The Kier molecular flexibility index (Phi) is 7.85. The first-order valence-corrected chi connectivity index (χ1v) is 5.63. The van der Waals surface area contributed by atoms with Gasteiger partial charge < -0.3 is 0 Å². The molecule has 0 unspecified atom stereocenters. The summed E-state index contributed by atoms with van der Waals surface area (Å²) in [6.45, 7) is 7.67. The lowest BCUT2D eigenvalue weighted by atomic mass is 10.4. The van der Waals surface area contributed by atoms with Gasteiger partial charge in [0.2, 0.25) is 0 Å². The minimum Gasteiger partial charge on any atom is -0.299 e. The van der Waals surface area contributed by atoms with Crippen LogP contribution in [-0.4, -0.2) is 31.3 Å². The lowest BCUT2D eigenvalue weighted by Crippen LogP contribution is -2.17. The average Bonchev–Trinajstić information content (AvgIpc) is 2.13. The Hall–Kier alpha value is -0.470. The molecule has 0 saturated heterocycles. The van der Waals surface area contributed by atoms with Gasteiger partial charge in [0, 0.05) is 18.0 Å². The van der Waals surface area contributed by atoms with Crippen molar-refractivity contribution in [1.29, 1.82) is 0 Å². The molecule has 0 fully saturated rings. The highest BCUT2D eigenvalue weighted by Crippen LogP contribution is 2.11. The van der Waals surface area contributed by atoms with E-state index in [0.29, 0.717) is 0 Å². The summed E-state index contributed by atoms with van der Waals surface area (Å²) in [6.07, 6.45) is 10.5. The average molecular weight is 197 g/mol. The summed E-state index contributed by atoms with van der Waals surface area (Å²) in [7, 11) is 2.08. The number of hydrogen-bond donors (Lipinski definition) is 0. The van der Waals surface area contributed by atoms with E-state index in [0.717, 1.165) is 13.1 Å². The molecule has 0 radical (unpaired) electrons. The molecule has 0 bridgehead atoms. The Morgan fingerprint density at radius 1 is 1.46 bits per heavy atom. The molecule has 0 spiro atoms. The predicted molar refractivity (Wildman–Crippen MR) is 64.1 cm³/mol. The fourth-order valence-corrected chi connectivity index (χ4v) is 1.39. The summed E-state index contributed by atoms with van der Waals surface area (Å²) in [6, 6.07) is 0. The quantitative estimate of drug-likeness (QED) is 0.476. The van der Waals surface area contributed by atoms with Crippen LogP contribution in [0.2, 0.25) is 0 Å². The maximum Gasteiger partial charge on any atom is 0.0166 e. The van der Waals surface area contributed by atoms with Crippen LogP contribution in [0.3, 0.4) is 0 Å². The van der Waals surface area contributed by atoms with Gasteiger partial charge in [0.1, 0.15) is 0 Å². The van der Waals surface area contributed by atoms with Crippen LogP contribution >= 0.6 is 11.8 Å². The van der Waals surface area contributed by atoms with Crippen molar-refractivity contribution in [3.05, 3.63) is 35.8 Å². The fourth-order valence-electron chi connectivity index (χ4n) is 0.926. The van der Waals surface area contributed by atoms with Crippen molar-refractivity contribution in [2.75, 3.05) is 26.4 Å².